The molecule has 0 unspecified atom stereocenters. The highest BCUT2D eigenvalue weighted by Crippen LogP contribution is 2.17. The molecule has 1 fully saturated rings. The Bertz CT molecular complexity index is 586. The number of piperidine rings is 1. The SMILES string of the molecule is CNS(=O)(=O)c1cccc(NC(=O)[C@@H]2CCCNC2)c1.Cl. The van der Waals surface area contributed by atoms with Gasteiger partial charge in [0.1, 0.15) is 0 Å². The van der Waals surface area contributed by atoms with Crippen LogP contribution in [0.15, 0.2) is 29.2 Å². The van der Waals surface area contributed by atoms with Crippen molar-refractivity contribution in [1.82, 2.24) is 10.0 Å². The summed E-state index contributed by atoms with van der Waals surface area (Å²) in [6.45, 7) is 1.61. The number of carbonyl (C=O) groups is 1. The zero-order valence-corrected chi connectivity index (χ0v) is 13.4. The van der Waals surface area contributed by atoms with Gasteiger partial charge in [-0.1, -0.05) is 6.07 Å². The first-order valence-electron chi connectivity index (χ1n) is 6.58. The lowest BCUT2D eigenvalue weighted by Gasteiger charge is -2.22. The summed E-state index contributed by atoms with van der Waals surface area (Å²) < 4.78 is 25.7. The lowest BCUT2D eigenvalue weighted by molar-refractivity contribution is -0.120. The van der Waals surface area contributed by atoms with Gasteiger partial charge in [-0.25, -0.2) is 13.1 Å². The van der Waals surface area contributed by atoms with Crippen LogP contribution in [0.5, 0.6) is 0 Å². The Morgan fingerprint density at radius 3 is 2.76 bits per heavy atom. The molecule has 1 amide bonds. The summed E-state index contributed by atoms with van der Waals surface area (Å²) in [6.07, 6.45) is 1.83. The number of sulfonamides is 1. The predicted molar refractivity (Wildman–Crippen MR) is 84.2 cm³/mol. The summed E-state index contributed by atoms with van der Waals surface area (Å²) in [5.74, 6) is -0.135. The highest BCUT2D eigenvalue weighted by atomic mass is 35.5. The summed E-state index contributed by atoms with van der Waals surface area (Å²) in [7, 11) is -2.14. The summed E-state index contributed by atoms with van der Waals surface area (Å²) in [5.41, 5.74) is 0.497. The Morgan fingerprint density at radius 2 is 2.14 bits per heavy atom. The monoisotopic (exact) mass is 333 g/mol. The fourth-order valence-corrected chi connectivity index (χ4v) is 2.95. The van der Waals surface area contributed by atoms with E-state index in [-0.39, 0.29) is 29.1 Å². The molecule has 1 aliphatic rings. The second-order valence-corrected chi connectivity index (χ2v) is 6.65. The second-order valence-electron chi connectivity index (χ2n) is 4.77. The molecule has 0 spiro atoms. The van der Waals surface area contributed by atoms with Crippen molar-refractivity contribution in [2.24, 2.45) is 5.92 Å². The van der Waals surface area contributed by atoms with Gasteiger partial charge in [-0.2, -0.15) is 0 Å². The van der Waals surface area contributed by atoms with Gasteiger partial charge in [0.2, 0.25) is 15.9 Å². The number of benzene rings is 1. The third kappa shape index (κ3) is 4.67. The van der Waals surface area contributed by atoms with Crippen LogP contribution in [0.3, 0.4) is 0 Å². The first-order chi connectivity index (χ1) is 9.53. The molecular formula is C13H20ClN3O3S. The molecule has 1 heterocycles. The number of rotatable bonds is 4. The molecule has 0 bridgehead atoms. The lowest BCUT2D eigenvalue weighted by Crippen LogP contribution is -2.37. The topological polar surface area (TPSA) is 87.3 Å². The maximum atomic E-state index is 12.1. The fraction of sp³-hybridized carbons (Fsp3) is 0.462. The number of hydrogen-bond donors (Lipinski definition) is 3. The van der Waals surface area contributed by atoms with Crippen molar-refractivity contribution >= 4 is 34.0 Å². The number of halogens is 1. The number of anilines is 1. The molecule has 1 aromatic carbocycles. The normalized spacial score (nSPS) is 18.6. The minimum absolute atomic E-state index is 0. The van der Waals surface area contributed by atoms with Crippen molar-refractivity contribution in [2.75, 3.05) is 25.5 Å². The Kier molecular flexibility index (Phi) is 6.60. The second kappa shape index (κ2) is 7.74. The maximum Gasteiger partial charge on any atom is 0.240 e. The van der Waals surface area contributed by atoms with Crippen molar-refractivity contribution in [1.29, 1.82) is 0 Å². The Labute approximate surface area is 131 Å². The van der Waals surface area contributed by atoms with Crippen LogP contribution in [0.25, 0.3) is 0 Å². The molecule has 0 saturated carbocycles. The van der Waals surface area contributed by atoms with E-state index in [0.29, 0.717) is 12.2 Å². The van der Waals surface area contributed by atoms with Crippen LogP contribution < -0.4 is 15.4 Å². The van der Waals surface area contributed by atoms with Crippen molar-refractivity contribution in [2.45, 2.75) is 17.7 Å². The van der Waals surface area contributed by atoms with Crippen LogP contribution in [0.4, 0.5) is 5.69 Å². The standard InChI is InChI=1S/C13H19N3O3S.ClH/c1-14-20(18,19)12-6-2-5-11(8-12)16-13(17)10-4-3-7-15-9-10;/h2,5-6,8,10,14-15H,3-4,7,9H2,1H3,(H,16,17);1H/t10-;/m1./s1. The Hall–Kier alpha value is -1.15. The molecule has 6 nitrogen and oxygen atoms in total. The van der Waals surface area contributed by atoms with Crippen molar-refractivity contribution < 1.29 is 13.2 Å². The number of hydrogen-bond acceptors (Lipinski definition) is 4. The molecule has 21 heavy (non-hydrogen) atoms. The molecule has 1 saturated heterocycles. The maximum absolute atomic E-state index is 12.1. The van der Waals surface area contributed by atoms with E-state index < -0.39 is 10.0 Å². The zero-order valence-electron chi connectivity index (χ0n) is 11.8. The minimum Gasteiger partial charge on any atom is -0.326 e. The summed E-state index contributed by atoms with van der Waals surface area (Å²) in [4.78, 5) is 12.2. The minimum atomic E-state index is -3.49. The van der Waals surface area contributed by atoms with E-state index >= 15 is 0 Å². The molecule has 0 aromatic heterocycles. The van der Waals surface area contributed by atoms with E-state index in [1.165, 1.54) is 19.2 Å². The van der Waals surface area contributed by atoms with Crippen LogP contribution in [-0.2, 0) is 14.8 Å². The van der Waals surface area contributed by atoms with Crippen molar-refractivity contribution in [3.8, 4) is 0 Å². The first-order valence-corrected chi connectivity index (χ1v) is 8.06. The average molecular weight is 334 g/mol. The Balaban J connectivity index is 0.00000220. The Morgan fingerprint density at radius 1 is 1.38 bits per heavy atom. The van der Waals surface area contributed by atoms with Crippen LogP contribution in [0.1, 0.15) is 12.8 Å². The van der Waals surface area contributed by atoms with E-state index in [1.807, 2.05) is 0 Å². The van der Waals surface area contributed by atoms with E-state index in [0.717, 1.165) is 19.4 Å². The number of carbonyl (C=O) groups excluding carboxylic acids is 1. The smallest absolute Gasteiger partial charge is 0.240 e. The zero-order chi connectivity index (χ0) is 14.6. The molecule has 0 radical (unpaired) electrons. The van der Waals surface area contributed by atoms with E-state index in [4.69, 9.17) is 0 Å². The molecule has 118 valence electrons. The highest BCUT2D eigenvalue weighted by molar-refractivity contribution is 7.89. The molecule has 2 rings (SSSR count). The van der Waals surface area contributed by atoms with Gasteiger partial charge in [0.15, 0.2) is 0 Å². The largest absolute Gasteiger partial charge is 0.326 e. The molecule has 1 aliphatic heterocycles. The van der Waals surface area contributed by atoms with E-state index in [9.17, 15) is 13.2 Å². The third-order valence-corrected chi connectivity index (χ3v) is 4.76. The summed E-state index contributed by atoms with van der Waals surface area (Å²) >= 11 is 0. The van der Waals surface area contributed by atoms with Crippen molar-refractivity contribution in [3.63, 3.8) is 0 Å². The predicted octanol–water partition coefficient (Wildman–Crippen LogP) is 0.955. The van der Waals surface area contributed by atoms with Gasteiger partial charge in [0, 0.05) is 12.2 Å². The molecule has 0 aliphatic carbocycles. The first kappa shape index (κ1) is 17.9. The van der Waals surface area contributed by atoms with Gasteiger partial charge in [0.05, 0.1) is 10.8 Å². The van der Waals surface area contributed by atoms with Gasteiger partial charge in [0.25, 0.3) is 0 Å². The molecular weight excluding hydrogens is 314 g/mol. The van der Waals surface area contributed by atoms with Crippen molar-refractivity contribution in [3.05, 3.63) is 24.3 Å². The van der Waals surface area contributed by atoms with Gasteiger partial charge < -0.3 is 10.6 Å². The highest BCUT2D eigenvalue weighted by Gasteiger charge is 2.21. The lowest BCUT2D eigenvalue weighted by atomic mass is 9.99. The summed E-state index contributed by atoms with van der Waals surface area (Å²) in [5, 5.41) is 5.96. The number of nitrogens with one attached hydrogen (secondary N) is 3. The van der Waals surface area contributed by atoms with Crippen LogP contribution in [-0.4, -0.2) is 34.5 Å². The summed E-state index contributed by atoms with van der Waals surface area (Å²) in [6, 6.07) is 6.24. The van der Waals surface area contributed by atoms with E-state index in [1.54, 1.807) is 12.1 Å². The third-order valence-electron chi connectivity index (χ3n) is 3.35. The quantitative estimate of drug-likeness (QED) is 0.765. The molecule has 1 atom stereocenters. The average Bonchev–Trinajstić information content (AvgIpc) is 2.48. The molecule has 1 aromatic rings. The van der Waals surface area contributed by atoms with Crippen LogP contribution in [0.2, 0.25) is 0 Å². The van der Waals surface area contributed by atoms with Gasteiger partial charge in [-0.15, -0.1) is 12.4 Å². The molecule has 8 heteroatoms. The fourth-order valence-electron chi connectivity index (χ4n) is 2.18. The van der Waals surface area contributed by atoms with Gasteiger partial charge in [-0.05, 0) is 44.6 Å². The van der Waals surface area contributed by atoms with Gasteiger partial charge in [-0.3, -0.25) is 4.79 Å². The van der Waals surface area contributed by atoms with Crippen LogP contribution in [0, 0.1) is 5.92 Å². The van der Waals surface area contributed by atoms with Crippen LogP contribution >= 0.6 is 12.4 Å². The molecule has 3 N–H and O–H groups in total. The van der Waals surface area contributed by atoms with Gasteiger partial charge >= 0.3 is 0 Å². The van der Waals surface area contributed by atoms with E-state index in [2.05, 4.69) is 15.4 Å². The number of amides is 1.